The van der Waals surface area contributed by atoms with Crippen molar-refractivity contribution < 1.29 is 4.74 Å². The molecule has 2 N–H and O–H groups in total. The van der Waals surface area contributed by atoms with Gasteiger partial charge in [0.2, 0.25) is 5.95 Å². The predicted molar refractivity (Wildman–Crippen MR) is 70.6 cm³/mol. The molecule has 4 aliphatic carbocycles. The van der Waals surface area contributed by atoms with Gasteiger partial charge in [-0.25, -0.2) is 0 Å². The number of rotatable bonds is 2. The second-order valence-electron chi connectivity index (χ2n) is 6.50. The van der Waals surface area contributed by atoms with E-state index in [2.05, 4.69) is 15.0 Å². The Kier molecular flexibility index (Phi) is 2.44. The molecule has 4 aliphatic rings. The second kappa shape index (κ2) is 4.05. The van der Waals surface area contributed by atoms with Gasteiger partial charge < -0.3 is 10.5 Å². The minimum atomic E-state index is 0.288. The van der Waals surface area contributed by atoms with E-state index in [9.17, 15) is 0 Å². The molecule has 0 saturated heterocycles. The summed E-state index contributed by atoms with van der Waals surface area (Å²) in [6.45, 7) is 0. The first kappa shape index (κ1) is 11.4. The van der Waals surface area contributed by atoms with E-state index >= 15 is 0 Å². The summed E-state index contributed by atoms with van der Waals surface area (Å²) in [5.74, 6) is 5.06. The lowest BCUT2D eigenvalue weighted by Gasteiger charge is -2.53. The van der Waals surface area contributed by atoms with Gasteiger partial charge in [-0.05, 0) is 55.8 Å². The first-order chi connectivity index (χ1) is 9.22. The zero-order valence-electron chi connectivity index (χ0n) is 11.2. The van der Waals surface area contributed by atoms with E-state index in [0.29, 0.717) is 11.9 Å². The van der Waals surface area contributed by atoms with Crippen LogP contribution in [0.4, 0.5) is 5.95 Å². The van der Waals surface area contributed by atoms with Crippen LogP contribution in [0.15, 0.2) is 0 Å². The van der Waals surface area contributed by atoms with Gasteiger partial charge in [-0.1, -0.05) is 0 Å². The maximum absolute atomic E-state index is 5.79. The second-order valence-corrected chi connectivity index (χ2v) is 6.50. The number of methoxy groups -OCH3 is 1. The van der Waals surface area contributed by atoms with E-state index in [1.54, 1.807) is 7.11 Å². The van der Waals surface area contributed by atoms with Crippen molar-refractivity contribution in [3.05, 3.63) is 5.82 Å². The van der Waals surface area contributed by atoms with Gasteiger partial charge in [0.25, 0.3) is 0 Å². The molecule has 5 heteroatoms. The van der Waals surface area contributed by atoms with Crippen LogP contribution in [0, 0.1) is 23.7 Å². The van der Waals surface area contributed by atoms with Crippen molar-refractivity contribution >= 4 is 5.95 Å². The molecule has 5 rings (SSSR count). The molecule has 0 aliphatic heterocycles. The molecule has 4 bridgehead atoms. The molecule has 4 fully saturated rings. The Morgan fingerprint density at radius 3 is 2.16 bits per heavy atom. The van der Waals surface area contributed by atoms with Gasteiger partial charge >= 0.3 is 6.01 Å². The van der Waals surface area contributed by atoms with E-state index in [-0.39, 0.29) is 5.95 Å². The van der Waals surface area contributed by atoms with Gasteiger partial charge in [-0.2, -0.15) is 15.0 Å². The monoisotopic (exact) mass is 260 g/mol. The topological polar surface area (TPSA) is 73.9 Å². The molecule has 4 saturated carbocycles. The first-order valence-corrected chi connectivity index (χ1v) is 7.28. The molecule has 0 unspecified atom stereocenters. The zero-order valence-corrected chi connectivity index (χ0v) is 11.2. The third kappa shape index (κ3) is 1.78. The van der Waals surface area contributed by atoms with Crippen molar-refractivity contribution in [3.63, 3.8) is 0 Å². The summed E-state index contributed by atoms with van der Waals surface area (Å²) in [6, 6.07) is 0.358. The van der Waals surface area contributed by atoms with Crippen molar-refractivity contribution in [2.75, 3.05) is 12.8 Å². The molecule has 0 atom stereocenters. The zero-order chi connectivity index (χ0) is 13.0. The molecule has 0 radical (unpaired) electrons. The SMILES string of the molecule is COc1nc(N)nc(C2C3CC4CC(C3)CC2C4)n1. The fourth-order valence-electron chi connectivity index (χ4n) is 4.98. The first-order valence-electron chi connectivity index (χ1n) is 7.28. The molecule has 1 aromatic heterocycles. The fourth-order valence-corrected chi connectivity index (χ4v) is 4.98. The predicted octanol–water partition coefficient (Wildman–Crippen LogP) is 2.00. The molecule has 5 nitrogen and oxygen atoms in total. The van der Waals surface area contributed by atoms with Crippen LogP contribution in [0.2, 0.25) is 0 Å². The Morgan fingerprint density at radius 1 is 0.947 bits per heavy atom. The molecule has 0 amide bonds. The van der Waals surface area contributed by atoms with Gasteiger partial charge in [0.1, 0.15) is 5.82 Å². The Hall–Kier alpha value is -1.39. The highest BCUT2D eigenvalue weighted by atomic mass is 16.5. The summed E-state index contributed by atoms with van der Waals surface area (Å²) in [7, 11) is 1.58. The van der Waals surface area contributed by atoms with Crippen LogP contribution in [0.25, 0.3) is 0 Å². The third-order valence-electron chi connectivity index (χ3n) is 5.36. The largest absolute Gasteiger partial charge is 0.467 e. The van der Waals surface area contributed by atoms with Crippen LogP contribution in [0.3, 0.4) is 0 Å². The van der Waals surface area contributed by atoms with Crippen molar-refractivity contribution in [1.82, 2.24) is 15.0 Å². The number of hydrogen-bond acceptors (Lipinski definition) is 5. The lowest BCUT2D eigenvalue weighted by molar-refractivity contribution is -0.00584. The number of nitrogens with zero attached hydrogens (tertiary/aromatic N) is 3. The lowest BCUT2D eigenvalue weighted by atomic mass is 9.51. The van der Waals surface area contributed by atoms with E-state index in [1.165, 1.54) is 32.1 Å². The molecular formula is C14H20N4O. The summed E-state index contributed by atoms with van der Waals surface area (Å²) in [5.41, 5.74) is 5.79. The number of anilines is 1. The maximum atomic E-state index is 5.79. The van der Waals surface area contributed by atoms with Crippen molar-refractivity contribution in [2.24, 2.45) is 23.7 Å². The maximum Gasteiger partial charge on any atom is 0.321 e. The van der Waals surface area contributed by atoms with Crippen LogP contribution >= 0.6 is 0 Å². The molecule has 102 valence electrons. The van der Waals surface area contributed by atoms with Crippen molar-refractivity contribution in [2.45, 2.75) is 38.0 Å². The highest BCUT2D eigenvalue weighted by Crippen LogP contribution is 2.59. The normalized spacial score (nSPS) is 39.5. The highest BCUT2D eigenvalue weighted by molar-refractivity contribution is 5.22. The van der Waals surface area contributed by atoms with Crippen LogP contribution in [0.1, 0.15) is 43.8 Å². The average Bonchev–Trinajstić information content (AvgIpc) is 2.36. The Bertz CT molecular complexity index is 476. The van der Waals surface area contributed by atoms with Gasteiger partial charge in [-0.3, -0.25) is 0 Å². The smallest absolute Gasteiger partial charge is 0.321 e. The van der Waals surface area contributed by atoms with Crippen LogP contribution < -0.4 is 10.5 Å². The third-order valence-corrected chi connectivity index (χ3v) is 5.36. The van der Waals surface area contributed by atoms with Gasteiger partial charge in [0.15, 0.2) is 0 Å². The average molecular weight is 260 g/mol. The molecule has 1 heterocycles. The fraction of sp³-hybridized carbons (Fsp3) is 0.786. The summed E-state index contributed by atoms with van der Waals surface area (Å²) in [5, 5.41) is 0. The summed E-state index contributed by atoms with van der Waals surface area (Å²) in [4.78, 5) is 12.9. The highest BCUT2D eigenvalue weighted by Gasteiger charge is 2.49. The van der Waals surface area contributed by atoms with Gasteiger partial charge in [-0.15, -0.1) is 0 Å². The minimum Gasteiger partial charge on any atom is -0.467 e. The van der Waals surface area contributed by atoms with Crippen LogP contribution in [0.5, 0.6) is 6.01 Å². The number of hydrogen-bond donors (Lipinski definition) is 1. The minimum absolute atomic E-state index is 0.288. The number of ether oxygens (including phenoxy) is 1. The molecule has 0 spiro atoms. The Labute approximate surface area is 113 Å². The summed E-state index contributed by atoms with van der Waals surface area (Å²) < 4.78 is 5.14. The van der Waals surface area contributed by atoms with Gasteiger partial charge in [0, 0.05) is 5.92 Å². The van der Waals surface area contributed by atoms with Crippen molar-refractivity contribution in [1.29, 1.82) is 0 Å². The summed E-state index contributed by atoms with van der Waals surface area (Å²) >= 11 is 0. The quantitative estimate of drug-likeness (QED) is 0.880. The van der Waals surface area contributed by atoms with Crippen LogP contribution in [-0.4, -0.2) is 22.1 Å². The number of nitrogen functional groups attached to an aromatic ring is 1. The molecular weight excluding hydrogens is 240 g/mol. The standard InChI is InChI=1S/C14H20N4O/c1-19-14-17-12(16-13(15)18-14)11-9-3-7-2-8(5-9)6-10(11)4-7/h7-11H,2-6H2,1H3,(H2,15,16,17,18). The number of nitrogens with two attached hydrogens (primary N) is 1. The Morgan fingerprint density at radius 2 is 1.58 bits per heavy atom. The molecule has 0 aromatic carbocycles. The van der Waals surface area contributed by atoms with Crippen molar-refractivity contribution in [3.8, 4) is 6.01 Å². The van der Waals surface area contributed by atoms with E-state index in [0.717, 1.165) is 29.5 Å². The van der Waals surface area contributed by atoms with E-state index < -0.39 is 0 Å². The Balaban J connectivity index is 1.70. The summed E-state index contributed by atoms with van der Waals surface area (Å²) in [6.07, 6.45) is 6.87. The van der Waals surface area contributed by atoms with Crippen LogP contribution in [-0.2, 0) is 0 Å². The molecule has 19 heavy (non-hydrogen) atoms. The number of aromatic nitrogens is 3. The van der Waals surface area contributed by atoms with E-state index in [1.807, 2.05) is 0 Å². The lowest BCUT2D eigenvalue weighted by Crippen LogP contribution is -2.44. The van der Waals surface area contributed by atoms with Gasteiger partial charge in [0.05, 0.1) is 7.11 Å². The molecule has 1 aromatic rings. The van der Waals surface area contributed by atoms with E-state index in [4.69, 9.17) is 10.5 Å².